The highest BCUT2D eigenvalue weighted by atomic mass is 31.2. The number of ether oxygens (including phenoxy) is 4. The number of carbonyl (C=O) groups is 4. The largest absolute Gasteiger partial charge is 0.472 e. The summed E-state index contributed by atoms with van der Waals surface area (Å²) in [6.07, 6.45) is 48.8. The van der Waals surface area contributed by atoms with E-state index in [9.17, 15) is 43.2 Å². The highest BCUT2D eigenvalue weighted by molar-refractivity contribution is 7.47. The molecule has 6 atom stereocenters. The maximum atomic E-state index is 13.0. The number of esters is 4. The van der Waals surface area contributed by atoms with Crippen molar-refractivity contribution in [3.63, 3.8) is 0 Å². The molecular weight excluding hydrogens is 1230 g/mol. The topological polar surface area (TPSA) is 237 Å². The second-order valence-electron chi connectivity index (χ2n) is 28.7. The van der Waals surface area contributed by atoms with Crippen LogP contribution in [0.15, 0.2) is 0 Å². The van der Waals surface area contributed by atoms with E-state index in [1.165, 1.54) is 167 Å². The molecule has 19 heteroatoms. The summed E-state index contributed by atoms with van der Waals surface area (Å²) in [6.45, 7) is 14.1. The summed E-state index contributed by atoms with van der Waals surface area (Å²) in [7, 11) is -9.91. The summed E-state index contributed by atoms with van der Waals surface area (Å²) in [5.41, 5.74) is 0. The standard InChI is InChI=1S/C75H146O17P2/c1-9-68(8)54-46-38-29-23-19-15-11-13-17-21-25-31-42-50-58-75(80)92-71(62-86-73(78)56-48-40-34-33-37-45-53-67(6)7)64-90-94(83,84)88-60-69(76)59-87-93(81,82)89-63-70(61-85-72(77)55-47-39-32-26-28-36-44-52-66(4)5)91-74(79)57-49-41-30-24-20-16-12-10-14-18-22-27-35-43-51-65(2)3/h65-71,76H,9-64H2,1-8H3,(H,81,82)(H,83,84)/t68?,69-,70-,71-/m1/s1. The third-order valence-electron chi connectivity index (χ3n) is 17.7. The first kappa shape index (κ1) is 92.1. The van der Waals surface area contributed by atoms with Crippen LogP contribution in [0, 0.1) is 23.7 Å². The van der Waals surface area contributed by atoms with Gasteiger partial charge in [0.25, 0.3) is 0 Å². The van der Waals surface area contributed by atoms with Gasteiger partial charge in [0.1, 0.15) is 19.3 Å². The molecule has 17 nitrogen and oxygen atoms in total. The third-order valence-corrected chi connectivity index (χ3v) is 19.6. The second-order valence-corrected chi connectivity index (χ2v) is 31.6. The van der Waals surface area contributed by atoms with E-state index in [0.29, 0.717) is 37.5 Å². The van der Waals surface area contributed by atoms with E-state index in [1.807, 2.05) is 0 Å². The number of rotatable bonds is 72. The highest BCUT2D eigenvalue weighted by Gasteiger charge is 2.30. The number of unbranched alkanes of at least 4 members (excludes halogenated alkanes) is 37. The van der Waals surface area contributed by atoms with E-state index in [2.05, 4.69) is 55.4 Å². The van der Waals surface area contributed by atoms with Crippen LogP contribution in [0.4, 0.5) is 0 Å². The van der Waals surface area contributed by atoms with E-state index in [-0.39, 0.29) is 25.7 Å². The molecule has 0 aliphatic heterocycles. The first-order valence-electron chi connectivity index (χ1n) is 38.7. The molecule has 3 N–H and O–H groups in total. The summed E-state index contributed by atoms with van der Waals surface area (Å²) in [4.78, 5) is 72.7. The molecule has 0 saturated heterocycles. The molecule has 3 unspecified atom stereocenters. The lowest BCUT2D eigenvalue weighted by molar-refractivity contribution is -0.161. The van der Waals surface area contributed by atoms with Gasteiger partial charge in [0.2, 0.25) is 0 Å². The molecule has 94 heavy (non-hydrogen) atoms. The molecule has 0 radical (unpaired) electrons. The Hall–Kier alpha value is -1.94. The molecule has 558 valence electrons. The Balaban J connectivity index is 5.20. The van der Waals surface area contributed by atoms with Gasteiger partial charge in [0.05, 0.1) is 26.4 Å². The Morgan fingerprint density at radius 1 is 0.298 bits per heavy atom. The van der Waals surface area contributed by atoms with Crippen LogP contribution >= 0.6 is 15.6 Å². The highest BCUT2D eigenvalue weighted by Crippen LogP contribution is 2.45. The predicted molar refractivity (Wildman–Crippen MR) is 381 cm³/mol. The minimum Gasteiger partial charge on any atom is -0.462 e. The van der Waals surface area contributed by atoms with Crippen LogP contribution in [-0.4, -0.2) is 96.7 Å². The zero-order valence-electron chi connectivity index (χ0n) is 61.6. The van der Waals surface area contributed by atoms with Gasteiger partial charge in [-0.25, -0.2) is 9.13 Å². The quantitative estimate of drug-likeness (QED) is 0.0222. The predicted octanol–water partition coefficient (Wildman–Crippen LogP) is 21.7. The number of hydrogen-bond acceptors (Lipinski definition) is 15. The summed E-state index contributed by atoms with van der Waals surface area (Å²) >= 11 is 0. The number of hydrogen-bond donors (Lipinski definition) is 3. The Bertz CT molecular complexity index is 1850. The smallest absolute Gasteiger partial charge is 0.462 e. The molecule has 0 bridgehead atoms. The van der Waals surface area contributed by atoms with Crippen LogP contribution in [-0.2, 0) is 65.4 Å². The molecule has 0 aromatic heterocycles. The van der Waals surface area contributed by atoms with Gasteiger partial charge < -0.3 is 33.8 Å². The molecule has 0 amide bonds. The summed E-state index contributed by atoms with van der Waals surface area (Å²) < 4.78 is 68.4. The normalized spacial score (nSPS) is 14.4. The molecular formula is C75H146O17P2. The van der Waals surface area contributed by atoms with E-state index in [4.69, 9.17) is 37.0 Å². The van der Waals surface area contributed by atoms with Gasteiger partial charge in [-0.2, -0.15) is 0 Å². The van der Waals surface area contributed by atoms with Crippen molar-refractivity contribution in [1.29, 1.82) is 0 Å². The van der Waals surface area contributed by atoms with Crippen LogP contribution in [0.2, 0.25) is 0 Å². The fraction of sp³-hybridized carbons (Fsp3) is 0.947. The van der Waals surface area contributed by atoms with Crippen molar-refractivity contribution in [2.45, 2.75) is 395 Å². The first-order chi connectivity index (χ1) is 45.1. The summed E-state index contributed by atoms with van der Waals surface area (Å²) in [5, 5.41) is 10.6. The summed E-state index contributed by atoms with van der Waals surface area (Å²) in [5.74, 6) is 0.900. The van der Waals surface area contributed by atoms with Crippen molar-refractivity contribution in [3.05, 3.63) is 0 Å². The van der Waals surface area contributed by atoms with Crippen molar-refractivity contribution in [3.8, 4) is 0 Å². The molecule has 0 aliphatic rings. The lowest BCUT2D eigenvalue weighted by Crippen LogP contribution is -2.30. The maximum absolute atomic E-state index is 13.0. The average Bonchev–Trinajstić information content (AvgIpc) is 1.55. The number of carbonyl (C=O) groups excluding carboxylic acids is 4. The van der Waals surface area contributed by atoms with Gasteiger partial charge in [0.15, 0.2) is 12.2 Å². The molecule has 0 saturated carbocycles. The van der Waals surface area contributed by atoms with Gasteiger partial charge >= 0.3 is 39.5 Å². The van der Waals surface area contributed by atoms with E-state index >= 15 is 0 Å². The zero-order chi connectivity index (χ0) is 69.6. The minimum absolute atomic E-state index is 0.106. The minimum atomic E-state index is -4.95. The molecule has 0 fully saturated rings. The molecule has 0 rings (SSSR count). The maximum Gasteiger partial charge on any atom is 0.472 e. The van der Waals surface area contributed by atoms with E-state index in [1.54, 1.807) is 0 Å². The Morgan fingerprint density at radius 3 is 0.755 bits per heavy atom. The number of phosphoric acid groups is 2. The fourth-order valence-electron chi connectivity index (χ4n) is 11.3. The van der Waals surface area contributed by atoms with E-state index in [0.717, 1.165) is 115 Å². The second kappa shape index (κ2) is 64.4. The fourth-order valence-corrected chi connectivity index (χ4v) is 12.9. The monoisotopic (exact) mass is 1380 g/mol. The van der Waals surface area contributed by atoms with Gasteiger partial charge in [0, 0.05) is 25.7 Å². The van der Waals surface area contributed by atoms with Crippen LogP contribution in [0.5, 0.6) is 0 Å². The summed E-state index contributed by atoms with van der Waals surface area (Å²) in [6, 6.07) is 0. The van der Waals surface area contributed by atoms with Crippen molar-refractivity contribution in [2.75, 3.05) is 39.6 Å². The SMILES string of the molecule is CCC(C)CCCCCCCCCCCCCCCCC(=O)O[C@H](COC(=O)CCCCCCCCC(C)C)COP(=O)(O)OC[C@H](O)COP(=O)(O)OC[C@@H](COC(=O)CCCCCCCCCC(C)C)OC(=O)CCCCCCCCCCCCCCCCC(C)C. The molecule has 0 spiro atoms. The van der Waals surface area contributed by atoms with Crippen LogP contribution in [0.25, 0.3) is 0 Å². The van der Waals surface area contributed by atoms with Gasteiger partial charge in [-0.3, -0.25) is 37.3 Å². The van der Waals surface area contributed by atoms with Gasteiger partial charge in [-0.1, -0.05) is 325 Å². The first-order valence-corrected chi connectivity index (χ1v) is 41.7. The number of phosphoric ester groups is 2. The van der Waals surface area contributed by atoms with Crippen molar-refractivity contribution in [1.82, 2.24) is 0 Å². The van der Waals surface area contributed by atoms with Gasteiger partial charge in [-0.05, 0) is 49.4 Å². The Labute approximate surface area is 575 Å². The molecule has 0 aliphatic carbocycles. The number of aliphatic hydroxyl groups is 1. The van der Waals surface area contributed by atoms with Crippen LogP contribution in [0.3, 0.4) is 0 Å². The van der Waals surface area contributed by atoms with Crippen molar-refractivity contribution >= 4 is 39.5 Å². The zero-order valence-corrected chi connectivity index (χ0v) is 63.4. The van der Waals surface area contributed by atoms with Crippen LogP contribution < -0.4 is 0 Å². The molecule has 0 aromatic rings. The van der Waals surface area contributed by atoms with Crippen molar-refractivity contribution in [2.24, 2.45) is 23.7 Å². The van der Waals surface area contributed by atoms with Crippen LogP contribution in [0.1, 0.15) is 376 Å². The molecule has 0 aromatic carbocycles. The third kappa shape index (κ3) is 67.3. The number of aliphatic hydroxyl groups excluding tert-OH is 1. The van der Waals surface area contributed by atoms with E-state index < -0.39 is 97.5 Å². The van der Waals surface area contributed by atoms with Gasteiger partial charge in [-0.15, -0.1) is 0 Å². The van der Waals surface area contributed by atoms with Crippen molar-refractivity contribution < 1.29 is 80.2 Å². The Morgan fingerprint density at radius 2 is 0.511 bits per heavy atom. The lowest BCUT2D eigenvalue weighted by Gasteiger charge is -2.21. The lowest BCUT2D eigenvalue weighted by atomic mass is 9.99. The Kier molecular flexibility index (Phi) is 63.1. The molecule has 0 heterocycles. The average molecular weight is 1380 g/mol.